The molecule has 6 nitrogen and oxygen atoms in total. The van der Waals surface area contributed by atoms with E-state index in [1.54, 1.807) is 19.2 Å². The third-order valence-corrected chi connectivity index (χ3v) is 4.98. The Morgan fingerprint density at radius 2 is 1.83 bits per heavy atom. The lowest BCUT2D eigenvalue weighted by Crippen LogP contribution is -2.48. The van der Waals surface area contributed by atoms with Gasteiger partial charge in [-0.2, -0.15) is 0 Å². The molecule has 0 atom stereocenters. The third-order valence-electron chi connectivity index (χ3n) is 4.98. The van der Waals surface area contributed by atoms with E-state index in [4.69, 9.17) is 4.74 Å². The fourth-order valence-electron chi connectivity index (χ4n) is 3.48. The summed E-state index contributed by atoms with van der Waals surface area (Å²) >= 11 is 0. The van der Waals surface area contributed by atoms with Gasteiger partial charge in [0.25, 0.3) is 0 Å². The first kappa shape index (κ1) is 21.6. The molecule has 160 valence electrons. The SMILES string of the molecule is CN=C(NCCNC(=O)Cc1cccc(F)c1)N1CCC(Oc2ccccc2)CC1. The molecule has 0 saturated carbocycles. The van der Waals surface area contributed by atoms with Crippen LogP contribution >= 0.6 is 0 Å². The summed E-state index contributed by atoms with van der Waals surface area (Å²) in [7, 11) is 1.76. The molecule has 1 amide bonds. The lowest BCUT2D eigenvalue weighted by Gasteiger charge is -2.34. The number of carbonyl (C=O) groups excluding carboxylic acids is 1. The molecule has 7 heteroatoms. The Hall–Kier alpha value is -3.09. The molecule has 2 aromatic rings. The maximum Gasteiger partial charge on any atom is 0.224 e. The summed E-state index contributed by atoms with van der Waals surface area (Å²) in [5.41, 5.74) is 0.664. The van der Waals surface area contributed by atoms with Gasteiger partial charge in [0.2, 0.25) is 5.91 Å². The second-order valence-corrected chi connectivity index (χ2v) is 7.25. The Morgan fingerprint density at radius 1 is 1.10 bits per heavy atom. The average molecular weight is 413 g/mol. The molecule has 0 aliphatic carbocycles. The van der Waals surface area contributed by atoms with E-state index in [0.717, 1.165) is 37.6 Å². The summed E-state index contributed by atoms with van der Waals surface area (Å²) in [5, 5.41) is 6.14. The minimum atomic E-state index is -0.330. The lowest BCUT2D eigenvalue weighted by molar-refractivity contribution is -0.120. The number of amides is 1. The van der Waals surface area contributed by atoms with Crippen LogP contribution in [0.4, 0.5) is 4.39 Å². The molecule has 0 radical (unpaired) electrons. The molecule has 0 unspecified atom stereocenters. The molecule has 2 aromatic carbocycles. The van der Waals surface area contributed by atoms with Crippen molar-refractivity contribution in [1.29, 1.82) is 0 Å². The Kier molecular flexibility index (Phi) is 8.06. The molecular weight excluding hydrogens is 383 g/mol. The number of aliphatic imine (C=N–C) groups is 1. The zero-order valence-corrected chi connectivity index (χ0v) is 17.3. The van der Waals surface area contributed by atoms with E-state index in [9.17, 15) is 9.18 Å². The van der Waals surface area contributed by atoms with Gasteiger partial charge in [-0.25, -0.2) is 4.39 Å². The number of piperidine rings is 1. The fraction of sp³-hybridized carbons (Fsp3) is 0.391. The van der Waals surface area contributed by atoms with Gasteiger partial charge in [-0.05, 0) is 29.8 Å². The van der Waals surface area contributed by atoms with Crippen LogP contribution in [0, 0.1) is 5.82 Å². The maximum atomic E-state index is 13.2. The molecular formula is C23H29FN4O2. The van der Waals surface area contributed by atoms with Gasteiger partial charge >= 0.3 is 0 Å². The summed E-state index contributed by atoms with van der Waals surface area (Å²) in [4.78, 5) is 18.6. The van der Waals surface area contributed by atoms with E-state index in [2.05, 4.69) is 20.5 Å². The Balaban J connectivity index is 1.34. The van der Waals surface area contributed by atoms with E-state index in [-0.39, 0.29) is 24.2 Å². The van der Waals surface area contributed by atoms with E-state index in [1.165, 1.54) is 12.1 Å². The van der Waals surface area contributed by atoms with Crippen molar-refractivity contribution in [3.05, 3.63) is 66.0 Å². The molecule has 1 saturated heterocycles. The number of rotatable bonds is 7. The van der Waals surface area contributed by atoms with Gasteiger partial charge < -0.3 is 20.3 Å². The van der Waals surface area contributed by atoms with Crippen LogP contribution in [-0.2, 0) is 11.2 Å². The second kappa shape index (κ2) is 11.2. The Morgan fingerprint density at radius 3 is 2.53 bits per heavy atom. The summed E-state index contributed by atoms with van der Waals surface area (Å²) in [6.45, 7) is 2.77. The van der Waals surface area contributed by atoms with Crippen LogP contribution in [0.15, 0.2) is 59.6 Å². The highest BCUT2D eigenvalue weighted by molar-refractivity contribution is 5.80. The molecule has 2 N–H and O–H groups in total. The summed E-state index contributed by atoms with van der Waals surface area (Å²) in [6, 6.07) is 16.0. The van der Waals surface area contributed by atoms with Crippen molar-refractivity contribution in [2.45, 2.75) is 25.4 Å². The minimum Gasteiger partial charge on any atom is -0.490 e. The number of hydrogen-bond donors (Lipinski definition) is 2. The van der Waals surface area contributed by atoms with Crippen molar-refractivity contribution >= 4 is 11.9 Å². The topological polar surface area (TPSA) is 66.0 Å². The number of halogens is 1. The molecule has 1 aliphatic heterocycles. The van der Waals surface area contributed by atoms with E-state index < -0.39 is 0 Å². The molecule has 1 heterocycles. The van der Waals surface area contributed by atoms with Gasteiger partial charge in [-0.3, -0.25) is 9.79 Å². The quantitative estimate of drug-likeness (QED) is 0.417. The van der Waals surface area contributed by atoms with Crippen molar-refractivity contribution in [3.63, 3.8) is 0 Å². The van der Waals surface area contributed by atoms with Crippen LogP contribution in [0.25, 0.3) is 0 Å². The Labute approximate surface area is 177 Å². The molecule has 1 fully saturated rings. The van der Waals surface area contributed by atoms with Gasteiger partial charge in [-0.15, -0.1) is 0 Å². The normalized spacial score (nSPS) is 15.0. The van der Waals surface area contributed by atoms with Crippen molar-refractivity contribution in [3.8, 4) is 5.75 Å². The number of benzene rings is 2. The van der Waals surface area contributed by atoms with Crippen LogP contribution in [0.5, 0.6) is 5.75 Å². The lowest BCUT2D eigenvalue weighted by atomic mass is 10.1. The Bertz CT molecular complexity index is 836. The molecule has 0 spiro atoms. The highest BCUT2D eigenvalue weighted by Gasteiger charge is 2.22. The van der Waals surface area contributed by atoms with Crippen molar-refractivity contribution < 1.29 is 13.9 Å². The zero-order valence-electron chi connectivity index (χ0n) is 17.3. The predicted octanol–water partition coefficient (Wildman–Crippen LogP) is 2.60. The van der Waals surface area contributed by atoms with Crippen molar-refractivity contribution in [2.75, 3.05) is 33.2 Å². The first-order valence-corrected chi connectivity index (χ1v) is 10.3. The summed E-state index contributed by atoms with van der Waals surface area (Å²) < 4.78 is 19.2. The maximum absolute atomic E-state index is 13.2. The first-order valence-electron chi connectivity index (χ1n) is 10.3. The van der Waals surface area contributed by atoms with Gasteiger partial charge in [0.15, 0.2) is 5.96 Å². The smallest absolute Gasteiger partial charge is 0.224 e. The number of nitrogens with one attached hydrogen (secondary N) is 2. The highest BCUT2D eigenvalue weighted by Crippen LogP contribution is 2.18. The standard InChI is InChI=1S/C23H29FN4O2/c1-25-23(27-13-12-26-22(29)17-18-6-5-7-19(24)16-18)28-14-10-21(11-15-28)30-20-8-3-2-4-9-20/h2-9,16,21H,10-15,17H2,1H3,(H,25,27)(H,26,29). The van der Waals surface area contributed by atoms with Gasteiger partial charge in [-0.1, -0.05) is 30.3 Å². The number of nitrogens with zero attached hydrogens (tertiary/aromatic N) is 2. The van der Waals surface area contributed by atoms with Gasteiger partial charge in [0, 0.05) is 46.1 Å². The molecule has 3 rings (SSSR count). The number of carbonyl (C=O) groups is 1. The molecule has 0 bridgehead atoms. The highest BCUT2D eigenvalue weighted by atomic mass is 19.1. The van der Waals surface area contributed by atoms with Crippen molar-refractivity contribution in [1.82, 2.24) is 15.5 Å². The predicted molar refractivity (Wildman–Crippen MR) is 116 cm³/mol. The molecule has 30 heavy (non-hydrogen) atoms. The molecule has 1 aliphatic rings. The van der Waals surface area contributed by atoms with Crippen LogP contribution in [0.3, 0.4) is 0 Å². The van der Waals surface area contributed by atoms with Gasteiger partial charge in [0.1, 0.15) is 17.7 Å². The van der Waals surface area contributed by atoms with E-state index in [0.29, 0.717) is 18.7 Å². The first-order chi connectivity index (χ1) is 14.6. The monoisotopic (exact) mass is 412 g/mol. The fourth-order valence-corrected chi connectivity index (χ4v) is 3.48. The minimum absolute atomic E-state index is 0.128. The zero-order chi connectivity index (χ0) is 21.2. The second-order valence-electron chi connectivity index (χ2n) is 7.25. The third kappa shape index (κ3) is 6.76. The number of para-hydroxylation sites is 1. The summed E-state index contributed by atoms with van der Waals surface area (Å²) in [5.74, 6) is 1.28. The number of guanidine groups is 1. The molecule has 0 aromatic heterocycles. The van der Waals surface area contributed by atoms with Crippen LogP contribution in [-0.4, -0.2) is 56.1 Å². The number of ether oxygens (including phenoxy) is 1. The van der Waals surface area contributed by atoms with Crippen LogP contribution in [0.2, 0.25) is 0 Å². The summed E-state index contributed by atoms with van der Waals surface area (Å²) in [6.07, 6.45) is 2.24. The number of hydrogen-bond acceptors (Lipinski definition) is 3. The van der Waals surface area contributed by atoms with Gasteiger partial charge in [0.05, 0.1) is 6.42 Å². The van der Waals surface area contributed by atoms with E-state index in [1.807, 2.05) is 30.3 Å². The van der Waals surface area contributed by atoms with Crippen LogP contribution < -0.4 is 15.4 Å². The largest absolute Gasteiger partial charge is 0.490 e. The average Bonchev–Trinajstić information content (AvgIpc) is 2.75. The van der Waals surface area contributed by atoms with Crippen molar-refractivity contribution in [2.24, 2.45) is 4.99 Å². The number of likely N-dealkylation sites (tertiary alicyclic amines) is 1. The van der Waals surface area contributed by atoms with E-state index >= 15 is 0 Å². The van der Waals surface area contributed by atoms with Crippen LogP contribution in [0.1, 0.15) is 18.4 Å².